The van der Waals surface area contributed by atoms with E-state index in [1.807, 2.05) is 62.4 Å². The number of rotatable bonds is 9. The molecular weight excluding hydrogens is 462 g/mol. The molecule has 4 rings (SSSR count). The van der Waals surface area contributed by atoms with Crippen LogP contribution in [0, 0.1) is 0 Å². The van der Waals surface area contributed by atoms with E-state index in [4.69, 9.17) is 11.6 Å². The van der Waals surface area contributed by atoms with Gasteiger partial charge in [0.05, 0.1) is 5.69 Å². The number of hydrogen-bond donors (Lipinski definition) is 1. The van der Waals surface area contributed by atoms with Crippen molar-refractivity contribution in [1.29, 1.82) is 0 Å². The summed E-state index contributed by atoms with van der Waals surface area (Å²) in [4.78, 5) is 42.4. The van der Waals surface area contributed by atoms with Crippen molar-refractivity contribution in [2.45, 2.75) is 52.2 Å². The van der Waals surface area contributed by atoms with E-state index in [0.717, 1.165) is 22.0 Å². The van der Waals surface area contributed by atoms with Crippen molar-refractivity contribution >= 4 is 45.8 Å². The minimum Gasteiger partial charge on any atom is -0.352 e. The van der Waals surface area contributed by atoms with Crippen molar-refractivity contribution in [2.75, 3.05) is 11.4 Å². The van der Waals surface area contributed by atoms with E-state index in [2.05, 4.69) is 5.32 Å². The fourth-order valence-corrected chi connectivity index (χ4v) is 4.63. The summed E-state index contributed by atoms with van der Waals surface area (Å²) in [5.41, 5.74) is 2.48. The van der Waals surface area contributed by atoms with Crippen LogP contribution < -0.4 is 10.2 Å². The molecule has 6 nitrogen and oxygen atoms in total. The molecule has 3 amide bonds. The number of carbonyl (C=O) groups excluding carboxylic acids is 3. The van der Waals surface area contributed by atoms with Gasteiger partial charge in [0.1, 0.15) is 6.04 Å². The second-order valence-corrected chi connectivity index (χ2v) is 9.66. The molecule has 1 atom stereocenters. The van der Waals surface area contributed by atoms with Crippen molar-refractivity contribution < 1.29 is 14.4 Å². The minimum atomic E-state index is -0.632. The zero-order valence-electron chi connectivity index (χ0n) is 20.3. The lowest BCUT2D eigenvalue weighted by Gasteiger charge is -2.29. The number of benzene rings is 3. The van der Waals surface area contributed by atoms with Crippen LogP contribution in [0.25, 0.3) is 10.8 Å². The van der Waals surface area contributed by atoms with Gasteiger partial charge in [-0.15, -0.1) is 0 Å². The second-order valence-electron chi connectivity index (χ2n) is 9.23. The van der Waals surface area contributed by atoms with Crippen LogP contribution in [0.5, 0.6) is 0 Å². The Morgan fingerprint density at radius 3 is 2.37 bits per heavy atom. The van der Waals surface area contributed by atoms with E-state index in [-0.39, 0.29) is 30.2 Å². The summed E-state index contributed by atoms with van der Waals surface area (Å²) in [6, 6.07) is 18.2. The summed E-state index contributed by atoms with van der Waals surface area (Å²) in [6.45, 7) is 6.26. The van der Waals surface area contributed by atoms with Gasteiger partial charge >= 0.3 is 0 Å². The molecule has 0 aromatic heterocycles. The Morgan fingerprint density at radius 2 is 1.69 bits per heavy atom. The number of hydrogen-bond acceptors (Lipinski definition) is 3. The Balaban J connectivity index is 1.46. The van der Waals surface area contributed by atoms with Crippen LogP contribution in [0.15, 0.2) is 60.7 Å². The molecule has 182 valence electrons. The van der Waals surface area contributed by atoms with E-state index in [0.29, 0.717) is 30.1 Å². The molecule has 0 saturated carbocycles. The Labute approximate surface area is 210 Å². The van der Waals surface area contributed by atoms with Crippen molar-refractivity contribution in [3.8, 4) is 0 Å². The maximum absolute atomic E-state index is 13.3. The topological polar surface area (TPSA) is 69.7 Å². The van der Waals surface area contributed by atoms with E-state index >= 15 is 0 Å². The first-order valence-electron chi connectivity index (χ1n) is 11.9. The lowest BCUT2D eigenvalue weighted by atomic mass is 10.1. The molecule has 0 aliphatic carbocycles. The molecule has 0 spiro atoms. The molecule has 1 N–H and O–H groups in total. The van der Waals surface area contributed by atoms with Gasteiger partial charge in [-0.2, -0.15) is 0 Å². The number of halogens is 1. The zero-order valence-corrected chi connectivity index (χ0v) is 21.0. The first-order valence-corrected chi connectivity index (χ1v) is 12.3. The summed E-state index contributed by atoms with van der Waals surface area (Å²) in [7, 11) is 0. The monoisotopic (exact) mass is 491 g/mol. The maximum atomic E-state index is 13.3. The first kappa shape index (κ1) is 24.7. The Bertz CT molecular complexity index is 1250. The average molecular weight is 492 g/mol. The van der Waals surface area contributed by atoms with Crippen LogP contribution in [0.1, 0.15) is 49.5 Å². The van der Waals surface area contributed by atoms with E-state index in [1.165, 1.54) is 0 Å². The molecule has 1 aliphatic rings. The fraction of sp³-hybridized carbons (Fsp3) is 0.321. The molecule has 3 aromatic rings. The van der Waals surface area contributed by atoms with Gasteiger partial charge in [-0.3, -0.25) is 14.4 Å². The van der Waals surface area contributed by atoms with E-state index in [9.17, 15) is 14.4 Å². The van der Waals surface area contributed by atoms with Crippen LogP contribution in [0.3, 0.4) is 0 Å². The molecule has 0 radical (unpaired) electrons. The summed E-state index contributed by atoms with van der Waals surface area (Å²) in [5, 5.41) is 5.51. The largest absolute Gasteiger partial charge is 0.352 e. The number of anilines is 1. The third kappa shape index (κ3) is 5.33. The number of carbonyl (C=O) groups is 3. The number of nitrogens with one attached hydrogen (secondary N) is 1. The van der Waals surface area contributed by atoms with Gasteiger partial charge in [-0.1, -0.05) is 48.0 Å². The highest BCUT2D eigenvalue weighted by Gasteiger charge is 2.30. The molecular formula is C28H30ClN3O3. The summed E-state index contributed by atoms with van der Waals surface area (Å²) in [6.07, 6.45) is 0.716. The second kappa shape index (κ2) is 10.5. The van der Waals surface area contributed by atoms with Crippen LogP contribution >= 0.6 is 11.6 Å². The quantitative estimate of drug-likeness (QED) is 0.448. The van der Waals surface area contributed by atoms with Crippen molar-refractivity contribution in [3.63, 3.8) is 0 Å². The lowest BCUT2D eigenvalue weighted by molar-refractivity contribution is -0.140. The van der Waals surface area contributed by atoms with Crippen molar-refractivity contribution in [2.24, 2.45) is 0 Å². The molecule has 0 fully saturated rings. The van der Waals surface area contributed by atoms with Gasteiger partial charge in [-0.25, -0.2) is 0 Å². The lowest BCUT2D eigenvalue weighted by Crippen LogP contribution is -2.49. The summed E-state index contributed by atoms with van der Waals surface area (Å²) in [5.74, 6) is -0.361. The zero-order chi connectivity index (χ0) is 25.1. The van der Waals surface area contributed by atoms with Crippen LogP contribution in [0.4, 0.5) is 5.69 Å². The van der Waals surface area contributed by atoms with Crippen LogP contribution in [-0.2, 0) is 16.1 Å². The highest BCUT2D eigenvalue weighted by atomic mass is 35.5. The number of nitrogens with zero attached hydrogens (tertiary/aromatic N) is 2. The van der Waals surface area contributed by atoms with Gasteiger partial charge in [0, 0.05) is 41.5 Å². The predicted octanol–water partition coefficient (Wildman–Crippen LogP) is 5.18. The highest BCUT2D eigenvalue weighted by Crippen LogP contribution is 2.37. The van der Waals surface area contributed by atoms with Crippen molar-refractivity contribution in [3.05, 3.63) is 76.8 Å². The Hall–Kier alpha value is -3.38. The Morgan fingerprint density at radius 1 is 1.00 bits per heavy atom. The fourth-order valence-electron chi connectivity index (χ4n) is 4.51. The summed E-state index contributed by atoms with van der Waals surface area (Å²) < 4.78 is 0. The smallest absolute Gasteiger partial charge is 0.258 e. The maximum Gasteiger partial charge on any atom is 0.258 e. The molecule has 1 heterocycles. The molecule has 0 saturated heterocycles. The molecule has 0 bridgehead atoms. The predicted molar refractivity (Wildman–Crippen MR) is 140 cm³/mol. The van der Waals surface area contributed by atoms with Gasteiger partial charge in [-0.05, 0) is 62.4 Å². The van der Waals surface area contributed by atoms with Gasteiger partial charge in [0.25, 0.3) is 5.91 Å². The molecule has 1 aliphatic heterocycles. The van der Waals surface area contributed by atoms with Crippen LogP contribution in [-0.4, -0.2) is 41.2 Å². The van der Waals surface area contributed by atoms with Crippen molar-refractivity contribution in [1.82, 2.24) is 10.2 Å². The molecule has 3 aromatic carbocycles. The van der Waals surface area contributed by atoms with E-state index < -0.39 is 6.04 Å². The van der Waals surface area contributed by atoms with Crippen LogP contribution in [0.2, 0.25) is 5.02 Å². The third-order valence-electron chi connectivity index (χ3n) is 6.29. The number of amides is 3. The minimum absolute atomic E-state index is 0.0250. The first-order chi connectivity index (χ1) is 16.8. The third-order valence-corrected chi connectivity index (χ3v) is 6.54. The van der Waals surface area contributed by atoms with Gasteiger partial charge < -0.3 is 15.1 Å². The Kier molecular flexibility index (Phi) is 7.41. The average Bonchev–Trinajstić information content (AvgIpc) is 3.11. The summed E-state index contributed by atoms with van der Waals surface area (Å²) >= 11 is 6.01. The van der Waals surface area contributed by atoms with E-state index in [1.54, 1.807) is 28.9 Å². The van der Waals surface area contributed by atoms with Gasteiger partial charge in [0.15, 0.2) is 0 Å². The molecule has 1 unspecified atom stereocenters. The van der Waals surface area contributed by atoms with Gasteiger partial charge in [0.2, 0.25) is 11.8 Å². The highest BCUT2D eigenvalue weighted by molar-refractivity contribution is 6.30. The molecule has 35 heavy (non-hydrogen) atoms. The SMILES string of the molecule is CC(C)NC(=O)C(C)N(Cc1ccc(Cl)cc1)C(=O)CCCN1C(=O)c2cccc3cccc1c23. The molecule has 7 heteroatoms. The standard InChI is InChI=1S/C28H30ClN3O3/c1-18(2)30-27(34)19(3)32(17-20-12-14-22(29)15-13-20)25(33)11-6-16-31-24-10-5-8-21-7-4-9-23(26(21)24)28(31)35/h4-5,7-10,12-15,18-19H,6,11,16-17H2,1-3H3,(H,30,34). The normalized spacial score (nSPS) is 13.4.